The van der Waals surface area contributed by atoms with Crippen LogP contribution >= 0.6 is 24.0 Å². The van der Waals surface area contributed by atoms with Gasteiger partial charge >= 0.3 is 0 Å². The first kappa shape index (κ1) is 23.7. The minimum atomic E-state index is 0. The predicted molar refractivity (Wildman–Crippen MR) is 116 cm³/mol. The van der Waals surface area contributed by atoms with E-state index >= 15 is 0 Å². The maximum atomic E-state index is 5.97. The fraction of sp³-hybridized carbons (Fsp3) is 0.611. The van der Waals surface area contributed by atoms with Crippen LogP contribution in [0.25, 0.3) is 0 Å². The third kappa shape index (κ3) is 7.32. The lowest BCUT2D eigenvalue weighted by molar-refractivity contribution is 0.0179. The number of aliphatic imine (C=N–C) groups is 1. The van der Waals surface area contributed by atoms with Gasteiger partial charge in [-0.25, -0.2) is 0 Å². The van der Waals surface area contributed by atoms with Crippen LogP contribution in [0.1, 0.15) is 11.6 Å². The highest BCUT2D eigenvalue weighted by Crippen LogP contribution is 2.32. The van der Waals surface area contributed by atoms with Crippen LogP contribution in [0.2, 0.25) is 0 Å². The molecule has 2 rings (SSSR count). The number of rotatable bonds is 9. The summed E-state index contributed by atoms with van der Waals surface area (Å²) in [6.45, 7) is 4.89. The fourth-order valence-electron chi connectivity index (χ4n) is 2.90. The molecular formula is C18H31IN4O4. The molecule has 27 heavy (non-hydrogen) atoms. The SMILES string of the molecule is COCCNC(N)=NCC(c1ccc(OC)c(OC)c1)N1CCOCC1.I. The van der Waals surface area contributed by atoms with Gasteiger partial charge in [0.2, 0.25) is 0 Å². The highest BCUT2D eigenvalue weighted by molar-refractivity contribution is 14.0. The van der Waals surface area contributed by atoms with Crippen LogP contribution in [0, 0.1) is 0 Å². The van der Waals surface area contributed by atoms with Gasteiger partial charge in [0.25, 0.3) is 0 Å². The molecule has 9 heteroatoms. The van der Waals surface area contributed by atoms with E-state index in [4.69, 9.17) is 24.7 Å². The average Bonchev–Trinajstić information content (AvgIpc) is 2.69. The summed E-state index contributed by atoms with van der Waals surface area (Å²) in [5, 5.41) is 3.05. The summed E-state index contributed by atoms with van der Waals surface area (Å²) in [6, 6.07) is 6.06. The third-order valence-corrected chi connectivity index (χ3v) is 4.33. The monoisotopic (exact) mass is 494 g/mol. The Hall–Kier alpha value is -1.30. The second kappa shape index (κ2) is 13.0. The number of guanidine groups is 1. The minimum absolute atomic E-state index is 0. The molecule has 8 nitrogen and oxygen atoms in total. The van der Waals surface area contributed by atoms with Crippen molar-refractivity contribution in [2.45, 2.75) is 6.04 Å². The normalized spacial score (nSPS) is 16.3. The lowest BCUT2D eigenvalue weighted by atomic mass is 10.0. The minimum Gasteiger partial charge on any atom is -0.493 e. The highest BCUT2D eigenvalue weighted by Gasteiger charge is 2.23. The van der Waals surface area contributed by atoms with E-state index in [0.717, 1.165) is 31.9 Å². The molecule has 1 aliphatic rings. The molecular weight excluding hydrogens is 463 g/mol. The molecule has 3 N–H and O–H groups in total. The molecule has 0 aliphatic carbocycles. The number of hydrogen-bond acceptors (Lipinski definition) is 6. The fourth-order valence-corrected chi connectivity index (χ4v) is 2.90. The van der Waals surface area contributed by atoms with Crippen LogP contribution < -0.4 is 20.5 Å². The molecule has 154 valence electrons. The van der Waals surface area contributed by atoms with Crippen molar-refractivity contribution in [3.63, 3.8) is 0 Å². The van der Waals surface area contributed by atoms with Crippen LogP contribution in [0.5, 0.6) is 11.5 Å². The van der Waals surface area contributed by atoms with Gasteiger partial charge in [0.05, 0.1) is 46.6 Å². The molecule has 1 aliphatic heterocycles. The molecule has 0 saturated carbocycles. The lowest BCUT2D eigenvalue weighted by Gasteiger charge is -2.34. The van der Waals surface area contributed by atoms with Crippen molar-refractivity contribution >= 4 is 29.9 Å². The van der Waals surface area contributed by atoms with E-state index in [1.54, 1.807) is 21.3 Å². The van der Waals surface area contributed by atoms with Crippen LogP contribution in [0.4, 0.5) is 0 Å². The zero-order chi connectivity index (χ0) is 18.8. The molecule has 0 bridgehead atoms. The topological polar surface area (TPSA) is 90.6 Å². The van der Waals surface area contributed by atoms with Crippen LogP contribution in [-0.2, 0) is 9.47 Å². The number of halogens is 1. The molecule has 1 fully saturated rings. The Morgan fingerprint density at radius 2 is 1.93 bits per heavy atom. The number of morpholine rings is 1. The molecule has 0 spiro atoms. The molecule has 1 unspecified atom stereocenters. The van der Waals surface area contributed by atoms with Crippen molar-refractivity contribution in [1.29, 1.82) is 0 Å². The summed E-state index contributed by atoms with van der Waals surface area (Å²) in [4.78, 5) is 6.88. The highest BCUT2D eigenvalue weighted by atomic mass is 127. The van der Waals surface area contributed by atoms with Gasteiger partial charge < -0.3 is 30.0 Å². The summed E-state index contributed by atoms with van der Waals surface area (Å²) in [5.74, 6) is 1.83. The first-order valence-corrected chi connectivity index (χ1v) is 8.76. The van der Waals surface area contributed by atoms with E-state index in [-0.39, 0.29) is 30.0 Å². The molecule has 1 heterocycles. The first-order chi connectivity index (χ1) is 12.7. The Morgan fingerprint density at radius 3 is 2.56 bits per heavy atom. The number of ether oxygens (including phenoxy) is 4. The van der Waals surface area contributed by atoms with Crippen molar-refractivity contribution in [3.05, 3.63) is 23.8 Å². The zero-order valence-corrected chi connectivity index (χ0v) is 18.6. The van der Waals surface area contributed by atoms with Crippen LogP contribution in [-0.4, -0.2) is 78.2 Å². The van der Waals surface area contributed by atoms with Gasteiger partial charge in [0.1, 0.15) is 0 Å². The number of nitrogens with one attached hydrogen (secondary N) is 1. The second-order valence-electron chi connectivity index (χ2n) is 5.92. The number of nitrogens with two attached hydrogens (primary N) is 1. The van der Waals surface area contributed by atoms with E-state index in [2.05, 4.69) is 15.2 Å². The maximum absolute atomic E-state index is 5.97. The van der Waals surface area contributed by atoms with Gasteiger partial charge in [-0.2, -0.15) is 0 Å². The van der Waals surface area contributed by atoms with E-state index in [1.807, 2.05) is 18.2 Å². The standard InChI is InChI=1S/C18H30N4O4.HI/c1-23-9-6-20-18(19)21-13-15(22-7-10-26-11-8-22)14-4-5-16(24-2)17(12-14)25-3;/h4-5,12,15H,6-11,13H2,1-3H3,(H3,19,20,21);1H. The molecule has 0 amide bonds. The lowest BCUT2D eigenvalue weighted by Crippen LogP contribution is -2.41. The van der Waals surface area contributed by atoms with Crippen molar-refractivity contribution in [2.24, 2.45) is 10.7 Å². The Kier molecular flexibility index (Phi) is 11.4. The summed E-state index contributed by atoms with van der Waals surface area (Å²) in [6.07, 6.45) is 0. The zero-order valence-electron chi connectivity index (χ0n) is 16.3. The Bertz CT molecular complexity index is 582. The van der Waals surface area contributed by atoms with Crippen molar-refractivity contribution in [2.75, 3.05) is 67.3 Å². The molecule has 1 aromatic rings. The second-order valence-corrected chi connectivity index (χ2v) is 5.92. The number of hydrogen-bond donors (Lipinski definition) is 2. The first-order valence-electron chi connectivity index (χ1n) is 8.76. The summed E-state index contributed by atoms with van der Waals surface area (Å²) in [5.41, 5.74) is 7.08. The summed E-state index contributed by atoms with van der Waals surface area (Å²) in [7, 11) is 4.93. The van der Waals surface area contributed by atoms with E-state index in [1.165, 1.54) is 0 Å². The summed E-state index contributed by atoms with van der Waals surface area (Å²) >= 11 is 0. The molecule has 0 aromatic heterocycles. The van der Waals surface area contributed by atoms with E-state index in [0.29, 0.717) is 37.2 Å². The van der Waals surface area contributed by atoms with Gasteiger partial charge in [-0.15, -0.1) is 24.0 Å². The predicted octanol–water partition coefficient (Wildman–Crippen LogP) is 1.25. The Morgan fingerprint density at radius 1 is 1.22 bits per heavy atom. The smallest absolute Gasteiger partial charge is 0.188 e. The van der Waals surface area contributed by atoms with Gasteiger partial charge in [0, 0.05) is 26.7 Å². The number of methoxy groups -OCH3 is 3. The maximum Gasteiger partial charge on any atom is 0.188 e. The summed E-state index contributed by atoms with van der Waals surface area (Å²) < 4.78 is 21.3. The Labute approximate surface area is 178 Å². The number of nitrogens with zero attached hydrogens (tertiary/aromatic N) is 2. The third-order valence-electron chi connectivity index (χ3n) is 4.33. The van der Waals surface area contributed by atoms with Gasteiger partial charge in [-0.05, 0) is 17.7 Å². The van der Waals surface area contributed by atoms with E-state index in [9.17, 15) is 0 Å². The van der Waals surface area contributed by atoms with Gasteiger partial charge in [-0.3, -0.25) is 9.89 Å². The van der Waals surface area contributed by atoms with Crippen molar-refractivity contribution in [3.8, 4) is 11.5 Å². The van der Waals surface area contributed by atoms with Crippen molar-refractivity contribution in [1.82, 2.24) is 10.2 Å². The van der Waals surface area contributed by atoms with Crippen LogP contribution in [0.3, 0.4) is 0 Å². The molecule has 1 aromatic carbocycles. The average molecular weight is 494 g/mol. The van der Waals surface area contributed by atoms with Gasteiger partial charge in [0.15, 0.2) is 17.5 Å². The Balaban J connectivity index is 0.00000364. The molecule has 1 atom stereocenters. The van der Waals surface area contributed by atoms with Gasteiger partial charge in [-0.1, -0.05) is 6.07 Å². The molecule has 0 radical (unpaired) electrons. The largest absolute Gasteiger partial charge is 0.493 e. The number of benzene rings is 1. The molecule has 1 saturated heterocycles. The van der Waals surface area contributed by atoms with E-state index < -0.39 is 0 Å². The van der Waals surface area contributed by atoms with Crippen LogP contribution in [0.15, 0.2) is 23.2 Å². The quantitative estimate of drug-likeness (QED) is 0.231. The van der Waals surface area contributed by atoms with Crippen molar-refractivity contribution < 1.29 is 18.9 Å².